The van der Waals surface area contributed by atoms with Gasteiger partial charge < -0.3 is 15.2 Å². The molecular weight excluding hydrogens is 394 g/mol. The molecule has 1 aliphatic heterocycles. The number of hydrogen-bond acceptors (Lipinski definition) is 7. The van der Waals surface area contributed by atoms with Gasteiger partial charge in [0.15, 0.2) is 11.0 Å². The maximum absolute atomic E-state index is 11.5. The number of benzene rings is 1. The highest BCUT2D eigenvalue weighted by Gasteiger charge is 2.22. The van der Waals surface area contributed by atoms with Crippen LogP contribution < -0.4 is 15.8 Å². The predicted molar refractivity (Wildman–Crippen MR) is 109 cm³/mol. The number of hydrogen-bond donors (Lipinski definition) is 2. The molecule has 1 aromatic heterocycles. The molecule has 1 unspecified atom stereocenters. The first-order chi connectivity index (χ1) is 14.1. The molecular formula is C19H25N5O4S. The number of carbonyl (C=O) groups excluding carboxylic acids is 2. The number of nitrogens with zero attached hydrogens (tertiary/aromatic N) is 3. The molecule has 3 rings (SSSR count). The van der Waals surface area contributed by atoms with Gasteiger partial charge in [-0.3, -0.25) is 14.7 Å². The van der Waals surface area contributed by atoms with E-state index in [1.54, 1.807) is 7.11 Å². The SMILES string of the molecule is COc1ccc(-c2nnc(SCCCC(=O)NC(N)=O)n2CC2CCCO2)cc1. The number of carbonyl (C=O) groups is 2. The molecule has 0 radical (unpaired) electrons. The highest BCUT2D eigenvalue weighted by molar-refractivity contribution is 7.99. The van der Waals surface area contributed by atoms with Crippen LogP contribution in [0.4, 0.5) is 4.79 Å². The number of nitrogens with two attached hydrogens (primary N) is 1. The van der Waals surface area contributed by atoms with Crippen LogP contribution in [0.1, 0.15) is 25.7 Å². The molecule has 0 aliphatic carbocycles. The number of primary amides is 1. The number of thioether (sulfide) groups is 1. The largest absolute Gasteiger partial charge is 0.497 e. The van der Waals surface area contributed by atoms with E-state index in [-0.39, 0.29) is 18.4 Å². The molecule has 1 fully saturated rings. The van der Waals surface area contributed by atoms with Crippen molar-refractivity contribution in [2.45, 2.75) is 43.5 Å². The zero-order valence-electron chi connectivity index (χ0n) is 16.3. The van der Waals surface area contributed by atoms with E-state index in [1.165, 1.54) is 11.8 Å². The Bertz CT molecular complexity index is 834. The van der Waals surface area contributed by atoms with Gasteiger partial charge in [0.1, 0.15) is 5.75 Å². The van der Waals surface area contributed by atoms with E-state index in [9.17, 15) is 9.59 Å². The van der Waals surface area contributed by atoms with Crippen LogP contribution in [0.25, 0.3) is 11.4 Å². The van der Waals surface area contributed by atoms with Crippen LogP contribution in [-0.4, -0.2) is 52.3 Å². The second-order valence-corrected chi connectivity index (χ2v) is 7.71. The second kappa shape index (κ2) is 10.3. The summed E-state index contributed by atoms with van der Waals surface area (Å²) in [4.78, 5) is 22.2. The summed E-state index contributed by atoms with van der Waals surface area (Å²) in [6, 6.07) is 6.87. The molecule has 1 saturated heterocycles. The number of amides is 3. The lowest BCUT2D eigenvalue weighted by Crippen LogP contribution is -2.34. The lowest BCUT2D eigenvalue weighted by atomic mass is 10.2. The van der Waals surface area contributed by atoms with Crippen molar-refractivity contribution in [3.63, 3.8) is 0 Å². The van der Waals surface area contributed by atoms with Crippen LogP contribution in [0.5, 0.6) is 5.75 Å². The number of urea groups is 1. The van der Waals surface area contributed by atoms with E-state index >= 15 is 0 Å². The third-order valence-electron chi connectivity index (χ3n) is 4.52. The Morgan fingerprint density at radius 1 is 1.34 bits per heavy atom. The molecule has 2 aromatic rings. The molecule has 9 nitrogen and oxygen atoms in total. The van der Waals surface area contributed by atoms with Gasteiger partial charge in [0.2, 0.25) is 5.91 Å². The molecule has 2 heterocycles. The standard InChI is InChI=1S/C19H25N5O4S/c1-27-14-8-6-13(7-9-14)17-22-23-19(24(17)12-15-4-2-10-28-15)29-11-3-5-16(25)21-18(20)26/h6-9,15H,2-5,10-12H2,1H3,(H3,20,21,25,26). The Balaban J connectivity index is 1.69. The summed E-state index contributed by atoms with van der Waals surface area (Å²) in [5.74, 6) is 1.84. The Morgan fingerprint density at radius 3 is 2.79 bits per heavy atom. The van der Waals surface area contributed by atoms with Gasteiger partial charge in [-0.2, -0.15) is 0 Å². The summed E-state index contributed by atoms with van der Waals surface area (Å²) in [7, 11) is 1.63. The van der Waals surface area contributed by atoms with Gasteiger partial charge in [-0.1, -0.05) is 11.8 Å². The van der Waals surface area contributed by atoms with Crippen molar-refractivity contribution in [3.8, 4) is 17.1 Å². The first-order valence-corrected chi connectivity index (χ1v) is 10.5. The third kappa shape index (κ3) is 5.94. The van der Waals surface area contributed by atoms with Gasteiger partial charge in [0.05, 0.1) is 19.8 Å². The van der Waals surface area contributed by atoms with E-state index < -0.39 is 6.03 Å². The minimum atomic E-state index is -0.830. The molecule has 29 heavy (non-hydrogen) atoms. The average Bonchev–Trinajstić information content (AvgIpc) is 3.35. The molecule has 1 aliphatic rings. The van der Waals surface area contributed by atoms with Crippen LogP contribution in [0, 0.1) is 0 Å². The Labute approximate surface area is 173 Å². The molecule has 3 N–H and O–H groups in total. The fourth-order valence-electron chi connectivity index (χ4n) is 3.10. The number of nitrogens with one attached hydrogen (secondary N) is 1. The number of aromatic nitrogens is 3. The number of ether oxygens (including phenoxy) is 2. The minimum Gasteiger partial charge on any atom is -0.497 e. The number of methoxy groups -OCH3 is 1. The van der Waals surface area contributed by atoms with Gasteiger partial charge in [-0.25, -0.2) is 4.79 Å². The van der Waals surface area contributed by atoms with E-state index in [4.69, 9.17) is 15.2 Å². The van der Waals surface area contributed by atoms with E-state index in [1.807, 2.05) is 24.3 Å². The van der Waals surface area contributed by atoms with Crippen LogP contribution in [-0.2, 0) is 16.1 Å². The van der Waals surface area contributed by atoms with Gasteiger partial charge in [-0.05, 0) is 43.5 Å². The van der Waals surface area contributed by atoms with Gasteiger partial charge in [0.25, 0.3) is 0 Å². The highest BCUT2D eigenvalue weighted by Crippen LogP contribution is 2.28. The fourth-order valence-corrected chi connectivity index (χ4v) is 3.99. The van der Waals surface area contributed by atoms with Crippen molar-refractivity contribution >= 4 is 23.7 Å². The van der Waals surface area contributed by atoms with Crippen LogP contribution in [0.2, 0.25) is 0 Å². The normalized spacial score (nSPS) is 16.0. The van der Waals surface area contributed by atoms with E-state index in [2.05, 4.69) is 20.1 Å². The molecule has 156 valence electrons. The first-order valence-electron chi connectivity index (χ1n) is 9.48. The van der Waals surface area contributed by atoms with Crippen molar-refractivity contribution in [1.29, 1.82) is 0 Å². The van der Waals surface area contributed by atoms with Crippen molar-refractivity contribution < 1.29 is 19.1 Å². The molecule has 0 bridgehead atoms. The Hall–Kier alpha value is -2.59. The van der Waals surface area contributed by atoms with Crippen LogP contribution in [0.3, 0.4) is 0 Å². The fraction of sp³-hybridized carbons (Fsp3) is 0.474. The summed E-state index contributed by atoms with van der Waals surface area (Å²) in [6.07, 6.45) is 3.03. The monoisotopic (exact) mass is 419 g/mol. The molecule has 3 amide bonds. The minimum absolute atomic E-state index is 0.142. The zero-order chi connectivity index (χ0) is 20.6. The second-order valence-electron chi connectivity index (χ2n) is 6.64. The van der Waals surface area contributed by atoms with Crippen molar-refractivity contribution in [3.05, 3.63) is 24.3 Å². The van der Waals surface area contributed by atoms with Gasteiger partial charge in [0, 0.05) is 24.3 Å². The van der Waals surface area contributed by atoms with E-state index in [0.29, 0.717) is 18.7 Å². The van der Waals surface area contributed by atoms with Gasteiger partial charge in [-0.15, -0.1) is 10.2 Å². The zero-order valence-corrected chi connectivity index (χ0v) is 17.1. The lowest BCUT2D eigenvalue weighted by molar-refractivity contribution is -0.119. The molecule has 10 heteroatoms. The van der Waals surface area contributed by atoms with Crippen LogP contribution >= 0.6 is 11.8 Å². The van der Waals surface area contributed by atoms with Crippen molar-refractivity contribution in [2.75, 3.05) is 19.5 Å². The molecule has 0 spiro atoms. The van der Waals surface area contributed by atoms with Crippen molar-refractivity contribution in [1.82, 2.24) is 20.1 Å². The Kier molecular flexibility index (Phi) is 7.48. The summed E-state index contributed by atoms with van der Waals surface area (Å²) in [5.41, 5.74) is 5.89. The number of rotatable bonds is 9. The maximum atomic E-state index is 11.5. The summed E-state index contributed by atoms with van der Waals surface area (Å²) >= 11 is 1.53. The highest BCUT2D eigenvalue weighted by atomic mass is 32.2. The summed E-state index contributed by atoms with van der Waals surface area (Å²) in [5, 5.41) is 11.6. The van der Waals surface area contributed by atoms with Crippen molar-refractivity contribution in [2.24, 2.45) is 5.73 Å². The lowest BCUT2D eigenvalue weighted by Gasteiger charge is -2.15. The smallest absolute Gasteiger partial charge is 0.318 e. The van der Waals surface area contributed by atoms with E-state index in [0.717, 1.165) is 41.7 Å². The molecule has 1 aromatic carbocycles. The Morgan fingerprint density at radius 2 is 2.14 bits per heavy atom. The summed E-state index contributed by atoms with van der Waals surface area (Å²) in [6.45, 7) is 1.46. The van der Waals surface area contributed by atoms with Crippen LogP contribution in [0.15, 0.2) is 29.4 Å². The molecule has 1 atom stereocenters. The predicted octanol–water partition coefficient (Wildman–Crippen LogP) is 2.20. The first kappa shape index (κ1) is 21.1. The topological polar surface area (TPSA) is 121 Å². The summed E-state index contributed by atoms with van der Waals surface area (Å²) < 4.78 is 13.1. The third-order valence-corrected chi connectivity index (χ3v) is 5.57. The maximum Gasteiger partial charge on any atom is 0.318 e. The quantitative estimate of drug-likeness (QED) is 0.472. The average molecular weight is 420 g/mol. The van der Waals surface area contributed by atoms with Gasteiger partial charge >= 0.3 is 6.03 Å². The molecule has 0 saturated carbocycles. The number of imide groups is 1.